The monoisotopic (exact) mass is 259 g/mol. The fourth-order valence-corrected chi connectivity index (χ4v) is 2.20. The van der Waals surface area contributed by atoms with Gasteiger partial charge in [0.1, 0.15) is 0 Å². The first-order valence-corrected chi connectivity index (χ1v) is 6.42. The van der Waals surface area contributed by atoms with Crippen LogP contribution >= 0.6 is 12.2 Å². The van der Waals surface area contributed by atoms with Crippen LogP contribution in [-0.2, 0) is 4.79 Å². The summed E-state index contributed by atoms with van der Waals surface area (Å²) in [4.78, 5) is 16.5. The Bertz CT molecular complexity index is 275. The number of nitrogens with two attached hydrogens (primary N) is 1. The van der Waals surface area contributed by atoms with Crippen LogP contribution in [0.2, 0.25) is 0 Å². The number of thiocarbonyl (C=S) groups is 1. The van der Waals surface area contributed by atoms with Gasteiger partial charge in [-0.3, -0.25) is 4.79 Å². The molecule has 0 heterocycles. The second-order valence-electron chi connectivity index (χ2n) is 4.68. The summed E-state index contributed by atoms with van der Waals surface area (Å²) < 4.78 is 0. The van der Waals surface area contributed by atoms with E-state index in [1.54, 1.807) is 4.90 Å². The fraction of sp³-hybridized carbons (Fsp3) is 0.833. The summed E-state index contributed by atoms with van der Waals surface area (Å²) in [5.74, 6) is 0.0388. The quantitative estimate of drug-likeness (QED) is 0.696. The van der Waals surface area contributed by atoms with E-state index in [9.17, 15) is 4.79 Å². The topological polar surface area (TPSA) is 49.6 Å². The van der Waals surface area contributed by atoms with Gasteiger partial charge in [0.15, 0.2) is 0 Å². The molecule has 2 N–H and O–H groups in total. The molecule has 0 fully saturated rings. The van der Waals surface area contributed by atoms with Gasteiger partial charge in [0.05, 0.1) is 10.4 Å². The van der Waals surface area contributed by atoms with E-state index in [0.29, 0.717) is 24.4 Å². The molecule has 0 bridgehead atoms. The van der Waals surface area contributed by atoms with Crippen LogP contribution in [0.4, 0.5) is 0 Å². The van der Waals surface area contributed by atoms with Crippen LogP contribution < -0.4 is 5.73 Å². The molecular formula is C12H25N3OS. The highest BCUT2D eigenvalue weighted by Crippen LogP contribution is 2.29. The Kier molecular flexibility index (Phi) is 6.64. The number of hydrogen-bond donors (Lipinski definition) is 1. The summed E-state index contributed by atoms with van der Waals surface area (Å²) in [7, 11) is 5.78. The summed E-state index contributed by atoms with van der Waals surface area (Å²) in [6.45, 7) is 5.44. The van der Waals surface area contributed by atoms with Crippen LogP contribution in [-0.4, -0.2) is 54.9 Å². The van der Waals surface area contributed by atoms with Gasteiger partial charge < -0.3 is 15.5 Å². The Balaban J connectivity index is 4.79. The van der Waals surface area contributed by atoms with Crippen LogP contribution in [0.15, 0.2) is 0 Å². The lowest BCUT2D eigenvalue weighted by molar-refractivity contribution is -0.137. The third-order valence-corrected chi connectivity index (χ3v) is 3.71. The molecule has 0 aliphatic heterocycles. The van der Waals surface area contributed by atoms with Crippen molar-refractivity contribution in [1.29, 1.82) is 0 Å². The molecule has 0 aromatic rings. The van der Waals surface area contributed by atoms with Crippen molar-refractivity contribution in [3.8, 4) is 0 Å². The van der Waals surface area contributed by atoms with E-state index in [-0.39, 0.29) is 5.91 Å². The summed E-state index contributed by atoms with van der Waals surface area (Å²) >= 11 is 5.08. The van der Waals surface area contributed by atoms with Gasteiger partial charge in [-0.25, -0.2) is 0 Å². The number of amides is 1. The Morgan fingerprint density at radius 1 is 1.18 bits per heavy atom. The van der Waals surface area contributed by atoms with Crippen molar-refractivity contribution in [3.05, 3.63) is 0 Å². The lowest BCUT2D eigenvalue weighted by atomic mass is 9.81. The predicted molar refractivity (Wildman–Crippen MR) is 76.0 cm³/mol. The van der Waals surface area contributed by atoms with Crippen molar-refractivity contribution in [2.45, 2.75) is 26.7 Å². The third kappa shape index (κ3) is 3.92. The lowest BCUT2D eigenvalue weighted by Crippen LogP contribution is -2.50. The molecular weight excluding hydrogens is 234 g/mol. The molecule has 0 aromatic heterocycles. The molecule has 0 unspecified atom stereocenters. The fourth-order valence-electron chi connectivity index (χ4n) is 1.82. The Labute approximate surface area is 110 Å². The number of likely N-dealkylation sites (N-methyl/N-ethyl adjacent to an activating group) is 2. The van der Waals surface area contributed by atoms with Crippen molar-refractivity contribution < 1.29 is 4.79 Å². The minimum Gasteiger partial charge on any atom is -0.392 e. The number of nitrogens with zero attached hydrogens (tertiary/aromatic N) is 2. The first-order chi connectivity index (χ1) is 7.81. The minimum absolute atomic E-state index is 0.0388. The van der Waals surface area contributed by atoms with Crippen molar-refractivity contribution in [2.24, 2.45) is 11.1 Å². The highest BCUT2D eigenvalue weighted by molar-refractivity contribution is 7.80. The number of carbonyl (C=O) groups excluding carboxylic acids is 1. The number of carbonyl (C=O) groups is 1. The zero-order valence-electron chi connectivity index (χ0n) is 11.6. The highest BCUT2D eigenvalue weighted by Gasteiger charge is 2.39. The first-order valence-electron chi connectivity index (χ1n) is 6.02. The van der Waals surface area contributed by atoms with Crippen molar-refractivity contribution in [2.75, 3.05) is 34.2 Å². The van der Waals surface area contributed by atoms with Gasteiger partial charge in [0.2, 0.25) is 5.91 Å². The second kappa shape index (κ2) is 6.91. The standard InChI is InChI=1S/C12H25N3OS/c1-6-12(7-2,10(13)17)11(16)15(5)9-8-14(3)4/h6-9H2,1-5H3,(H2,13,17). The van der Waals surface area contributed by atoms with Gasteiger partial charge in [0, 0.05) is 20.1 Å². The lowest BCUT2D eigenvalue weighted by Gasteiger charge is -2.33. The van der Waals surface area contributed by atoms with E-state index < -0.39 is 5.41 Å². The van der Waals surface area contributed by atoms with Crippen LogP contribution in [0.1, 0.15) is 26.7 Å². The molecule has 1 amide bonds. The third-order valence-electron chi connectivity index (χ3n) is 3.32. The van der Waals surface area contributed by atoms with Crippen LogP contribution in [0, 0.1) is 5.41 Å². The Hall–Kier alpha value is -0.680. The number of rotatable bonds is 7. The largest absolute Gasteiger partial charge is 0.392 e. The van der Waals surface area contributed by atoms with Crippen LogP contribution in [0.3, 0.4) is 0 Å². The number of hydrogen-bond acceptors (Lipinski definition) is 3. The van der Waals surface area contributed by atoms with Crippen LogP contribution in [0.5, 0.6) is 0 Å². The molecule has 0 aromatic carbocycles. The molecule has 100 valence electrons. The maximum absolute atomic E-state index is 12.4. The van der Waals surface area contributed by atoms with E-state index in [4.69, 9.17) is 18.0 Å². The predicted octanol–water partition coefficient (Wildman–Crippen LogP) is 1.10. The van der Waals surface area contributed by atoms with Crippen molar-refractivity contribution in [1.82, 2.24) is 9.80 Å². The van der Waals surface area contributed by atoms with E-state index in [0.717, 1.165) is 6.54 Å². The molecule has 5 heteroatoms. The first kappa shape index (κ1) is 16.3. The van der Waals surface area contributed by atoms with Crippen LogP contribution in [0.25, 0.3) is 0 Å². The SMILES string of the molecule is CCC(CC)(C(=O)N(C)CCN(C)C)C(N)=S. The van der Waals surface area contributed by atoms with E-state index in [2.05, 4.69) is 0 Å². The van der Waals surface area contributed by atoms with Gasteiger partial charge in [-0.1, -0.05) is 26.1 Å². The molecule has 0 aliphatic rings. The van der Waals surface area contributed by atoms with Gasteiger partial charge in [-0.2, -0.15) is 0 Å². The minimum atomic E-state index is -0.670. The molecule has 0 rings (SSSR count). The van der Waals surface area contributed by atoms with Crippen molar-refractivity contribution in [3.63, 3.8) is 0 Å². The maximum Gasteiger partial charge on any atom is 0.235 e. The molecule has 0 saturated carbocycles. The summed E-state index contributed by atoms with van der Waals surface area (Å²) in [6.07, 6.45) is 1.31. The molecule has 0 spiro atoms. The smallest absolute Gasteiger partial charge is 0.235 e. The zero-order chi connectivity index (χ0) is 13.6. The molecule has 0 radical (unpaired) electrons. The van der Waals surface area contributed by atoms with E-state index in [1.807, 2.05) is 39.9 Å². The summed E-state index contributed by atoms with van der Waals surface area (Å²) in [5.41, 5.74) is 5.09. The van der Waals surface area contributed by atoms with E-state index in [1.165, 1.54) is 0 Å². The Morgan fingerprint density at radius 2 is 1.65 bits per heavy atom. The summed E-state index contributed by atoms with van der Waals surface area (Å²) in [6, 6.07) is 0. The average Bonchev–Trinajstić information content (AvgIpc) is 2.27. The molecule has 0 aliphatic carbocycles. The maximum atomic E-state index is 12.4. The van der Waals surface area contributed by atoms with Crippen molar-refractivity contribution >= 4 is 23.1 Å². The molecule has 4 nitrogen and oxygen atoms in total. The highest BCUT2D eigenvalue weighted by atomic mass is 32.1. The molecule has 17 heavy (non-hydrogen) atoms. The van der Waals surface area contributed by atoms with E-state index >= 15 is 0 Å². The van der Waals surface area contributed by atoms with Gasteiger partial charge in [-0.05, 0) is 26.9 Å². The molecule has 0 atom stereocenters. The Morgan fingerprint density at radius 3 is 1.94 bits per heavy atom. The summed E-state index contributed by atoms with van der Waals surface area (Å²) in [5, 5.41) is 0. The zero-order valence-corrected chi connectivity index (χ0v) is 12.4. The van der Waals surface area contributed by atoms with Gasteiger partial charge >= 0.3 is 0 Å². The van der Waals surface area contributed by atoms with Gasteiger partial charge in [-0.15, -0.1) is 0 Å². The van der Waals surface area contributed by atoms with Gasteiger partial charge in [0.25, 0.3) is 0 Å². The second-order valence-corrected chi connectivity index (χ2v) is 5.12. The normalized spacial score (nSPS) is 11.6. The average molecular weight is 259 g/mol. The molecule has 0 saturated heterocycles.